The number of nitrogens with zero attached hydrogens (tertiary/aromatic N) is 2. The van der Waals surface area contributed by atoms with Crippen molar-refractivity contribution in [3.05, 3.63) is 34.1 Å². The van der Waals surface area contributed by atoms with Crippen molar-refractivity contribution in [3.8, 4) is 5.88 Å². The van der Waals surface area contributed by atoms with Crippen molar-refractivity contribution >= 4 is 23.7 Å². The molecule has 7 heteroatoms. The number of hydrogen-bond acceptors (Lipinski definition) is 5. The first-order valence-electron chi connectivity index (χ1n) is 6.79. The van der Waals surface area contributed by atoms with Crippen molar-refractivity contribution in [1.82, 2.24) is 9.88 Å². The lowest BCUT2D eigenvalue weighted by atomic mass is 9.83. The highest BCUT2D eigenvalue weighted by molar-refractivity contribution is 6.29. The van der Waals surface area contributed by atoms with Crippen LogP contribution in [0, 0.1) is 10.8 Å². The van der Waals surface area contributed by atoms with Gasteiger partial charge in [0.15, 0.2) is 0 Å². The van der Waals surface area contributed by atoms with Crippen LogP contribution in [-0.4, -0.2) is 42.2 Å². The first-order valence-corrected chi connectivity index (χ1v) is 7.16. The maximum atomic E-state index is 12.7. The fourth-order valence-corrected chi connectivity index (χ4v) is 2.69. The van der Waals surface area contributed by atoms with Crippen molar-refractivity contribution in [3.63, 3.8) is 0 Å². The van der Waals surface area contributed by atoms with Gasteiger partial charge in [-0.3, -0.25) is 4.79 Å². The minimum absolute atomic E-state index is 0.192. The molecule has 0 spiro atoms. The van der Waals surface area contributed by atoms with Gasteiger partial charge < -0.3 is 20.8 Å². The van der Waals surface area contributed by atoms with Gasteiger partial charge in [0, 0.05) is 47.6 Å². The van der Waals surface area contributed by atoms with Crippen molar-refractivity contribution in [2.24, 2.45) is 11.1 Å². The van der Waals surface area contributed by atoms with Gasteiger partial charge >= 0.3 is 0 Å². The fourth-order valence-electron chi connectivity index (χ4n) is 2.49. The van der Waals surface area contributed by atoms with Crippen LogP contribution in [0.5, 0.6) is 5.88 Å². The number of rotatable bonds is 3. The maximum Gasteiger partial charge on any atom is 0.254 e. The number of hydrogen-bond donors (Lipinski definition) is 2. The summed E-state index contributed by atoms with van der Waals surface area (Å²) in [5.74, 6) is 0.0944. The van der Waals surface area contributed by atoms with E-state index in [-0.39, 0.29) is 22.4 Å². The summed E-state index contributed by atoms with van der Waals surface area (Å²) in [6, 6.07) is 3.05. The van der Waals surface area contributed by atoms with E-state index in [0.717, 1.165) is 0 Å². The van der Waals surface area contributed by atoms with E-state index in [1.807, 2.05) is 13.8 Å². The number of aromatic nitrogens is 1. The summed E-state index contributed by atoms with van der Waals surface area (Å²) in [7, 11) is 1.47. The standard InChI is InChI=1S/C15H19ClN4O2/c1-15(2)8-20(7-10(6-17)13(15)18)14(21)9-4-11(16)19-12(5-9)22-3/h4-6,17H,7-8,18H2,1-3H3. The average Bonchev–Trinajstić information content (AvgIpc) is 2.48. The SMILES string of the molecule is COc1cc(C(=O)N2CC(C=N)=C(N)C(C)(C)C2)cc(Cl)n1. The van der Waals surface area contributed by atoms with Gasteiger partial charge in [0.2, 0.25) is 5.88 Å². The second-order valence-corrected chi connectivity index (χ2v) is 6.24. The molecule has 0 unspecified atom stereocenters. The number of pyridine rings is 1. The Kier molecular flexibility index (Phi) is 4.42. The Bertz CT molecular complexity index is 655. The van der Waals surface area contributed by atoms with Gasteiger partial charge in [-0.2, -0.15) is 0 Å². The number of halogens is 1. The average molecular weight is 323 g/mol. The molecule has 3 N–H and O–H groups in total. The highest BCUT2D eigenvalue weighted by Gasteiger charge is 2.34. The van der Waals surface area contributed by atoms with Gasteiger partial charge in [0.1, 0.15) is 5.15 Å². The van der Waals surface area contributed by atoms with E-state index >= 15 is 0 Å². The van der Waals surface area contributed by atoms with Crippen LogP contribution in [0.1, 0.15) is 24.2 Å². The lowest BCUT2D eigenvalue weighted by molar-refractivity contribution is 0.0704. The Hall–Kier alpha value is -2.08. The van der Waals surface area contributed by atoms with E-state index in [9.17, 15) is 4.79 Å². The molecule has 0 saturated carbocycles. The predicted molar refractivity (Wildman–Crippen MR) is 85.5 cm³/mol. The Labute approximate surface area is 134 Å². The third-order valence-corrected chi connectivity index (χ3v) is 3.90. The molecular formula is C15H19ClN4O2. The Morgan fingerprint density at radius 2 is 2.23 bits per heavy atom. The molecule has 1 aromatic rings. The first kappa shape index (κ1) is 16.3. The largest absolute Gasteiger partial charge is 0.481 e. The third-order valence-electron chi connectivity index (χ3n) is 3.71. The van der Waals surface area contributed by atoms with Gasteiger partial charge in [-0.25, -0.2) is 4.98 Å². The van der Waals surface area contributed by atoms with Crippen LogP contribution in [0.2, 0.25) is 5.15 Å². The summed E-state index contributed by atoms with van der Waals surface area (Å²) in [4.78, 5) is 18.3. The second-order valence-electron chi connectivity index (χ2n) is 5.85. The summed E-state index contributed by atoms with van der Waals surface area (Å²) in [5, 5.41) is 7.68. The number of methoxy groups -OCH3 is 1. The number of carbonyl (C=O) groups excluding carboxylic acids is 1. The zero-order valence-electron chi connectivity index (χ0n) is 12.8. The number of carbonyl (C=O) groups is 1. The predicted octanol–water partition coefficient (Wildman–Crippen LogP) is 2.09. The summed E-state index contributed by atoms with van der Waals surface area (Å²) >= 11 is 5.92. The molecule has 1 aliphatic heterocycles. The molecule has 1 amide bonds. The Morgan fingerprint density at radius 1 is 1.55 bits per heavy atom. The quantitative estimate of drug-likeness (QED) is 0.658. The van der Waals surface area contributed by atoms with Gasteiger partial charge in [0.25, 0.3) is 5.91 Å². The molecule has 1 aromatic heterocycles. The zero-order chi connectivity index (χ0) is 16.5. The third kappa shape index (κ3) is 3.06. The van der Waals surface area contributed by atoms with Gasteiger partial charge in [0.05, 0.1) is 7.11 Å². The molecule has 0 bridgehead atoms. The van der Waals surface area contributed by atoms with E-state index in [1.165, 1.54) is 19.4 Å². The molecule has 0 fully saturated rings. The van der Waals surface area contributed by atoms with Crippen LogP contribution in [0.3, 0.4) is 0 Å². The summed E-state index contributed by atoms with van der Waals surface area (Å²) in [5.41, 5.74) is 7.39. The van der Waals surface area contributed by atoms with Crippen molar-refractivity contribution in [2.75, 3.05) is 20.2 Å². The molecule has 22 heavy (non-hydrogen) atoms. The van der Waals surface area contributed by atoms with E-state index in [1.54, 1.807) is 11.0 Å². The van der Waals surface area contributed by atoms with Gasteiger partial charge in [-0.1, -0.05) is 25.4 Å². The topological polar surface area (TPSA) is 92.3 Å². The van der Waals surface area contributed by atoms with Crippen LogP contribution >= 0.6 is 11.6 Å². The molecule has 0 atom stereocenters. The van der Waals surface area contributed by atoms with E-state index in [2.05, 4.69) is 4.98 Å². The van der Waals surface area contributed by atoms with Crippen molar-refractivity contribution < 1.29 is 9.53 Å². The molecule has 0 saturated heterocycles. The first-order chi connectivity index (χ1) is 10.3. The molecule has 0 aromatic carbocycles. The molecule has 2 rings (SSSR count). The van der Waals surface area contributed by atoms with E-state index in [0.29, 0.717) is 29.9 Å². The van der Waals surface area contributed by atoms with Crippen molar-refractivity contribution in [1.29, 1.82) is 5.41 Å². The highest BCUT2D eigenvalue weighted by atomic mass is 35.5. The number of amides is 1. The minimum atomic E-state index is -0.387. The number of ether oxygens (including phenoxy) is 1. The van der Waals surface area contributed by atoms with Crippen LogP contribution < -0.4 is 10.5 Å². The summed E-state index contributed by atoms with van der Waals surface area (Å²) < 4.78 is 5.04. The van der Waals surface area contributed by atoms with Crippen LogP contribution in [0.15, 0.2) is 23.4 Å². The zero-order valence-corrected chi connectivity index (χ0v) is 13.6. The highest BCUT2D eigenvalue weighted by Crippen LogP contribution is 2.31. The van der Waals surface area contributed by atoms with Crippen LogP contribution in [0.4, 0.5) is 0 Å². The molecule has 0 radical (unpaired) electrons. The smallest absolute Gasteiger partial charge is 0.254 e. The molecule has 1 aliphatic rings. The molecule has 0 aliphatic carbocycles. The lowest BCUT2D eigenvalue weighted by Crippen LogP contribution is -2.47. The molecule has 118 valence electrons. The molecule has 2 heterocycles. The Balaban J connectivity index is 2.35. The van der Waals surface area contributed by atoms with Crippen molar-refractivity contribution in [2.45, 2.75) is 13.8 Å². The van der Waals surface area contributed by atoms with Crippen LogP contribution in [0.25, 0.3) is 0 Å². The normalized spacial score (nSPS) is 17.4. The molecular weight excluding hydrogens is 304 g/mol. The maximum absolute atomic E-state index is 12.7. The van der Waals surface area contributed by atoms with Crippen LogP contribution in [-0.2, 0) is 0 Å². The number of nitrogens with one attached hydrogen (secondary N) is 1. The van der Waals surface area contributed by atoms with E-state index < -0.39 is 0 Å². The summed E-state index contributed by atoms with van der Waals surface area (Å²) in [6.07, 6.45) is 1.20. The van der Waals surface area contributed by atoms with Gasteiger partial charge in [-0.05, 0) is 6.07 Å². The fraction of sp³-hybridized carbons (Fsp3) is 0.400. The van der Waals surface area contributed by atoms with E-state index in [4.69, 9.17) is 27.5 Å². The minimum Gasteiger partial charge on any atom is -0.481 e. The Morgan fingerprint density at radius 3 is 2.82 bits per heavy atom. The monoisotopic (exact) mass is 322 g/mol. The second kappa shape index (κ2) is 5.96. The lowest BCUT2D eigenvalue weighted by Gasteiger charge is -2.39. The summed E-state index contributed by atoms with van der Waals surface area (Å²) in [6.45, 7) is 4.67. The number of nitrogens with two attached hydrogens (primary N) is 1. The molecule has 6 nitrogen and oxygen atoms in total. The van der Waals surface area contributed by atoms with Gasteiger partial charge in [-0.15, -0.1) is 0 Å².